The van der Waals surface area contributed by atoms with Crippen molar-refractivity contribution in [1.82, 2.24) is 14.5 Å². The lowest BCUT2D eigenvalue weighted by atomic mass is 9.94. The Morgan fingerprint density at radius 3 is 2.42 bits per heavy atom. The average molecular weight is 555 g/mol. The number of aryl methyl sites for hydroxylation is 2. The standard InChI is InChI=1S/C30H27F5N4O/c1-17-11-20(5-8-26(17)32)27(19-3-4-19)37-28(40)22-13-18(16-39-10-9-38(2)29(39)36)12-21(14-22)24-7-6-23(31)15-25(24)30(33,34)35/h5-15,19,27,36H,3-4,16H2,1-2H3,(H,37,40). The molecule has 10 heteroatoms. The molecule has 0 bridgehead atoms. The van der Waals surface area contributed by atoms with Gasteiger partial charge in [-0.1, -0.05) is 18.2 Å². The molecule has 4 aromatic rings. The summed E-state index contributed by atoms with van der Waals surface area (Å²) in [6.45, 7) is 1.77. The van der Waals surface area contributed by atoms with E-state index in [4.69, 9.17) is 5.41 Å². The number of nitrogens with zero attached hydrogens (tertiary/aromatic N) is 2. The Morgan fingerprint density at radius 1 is 1.05 bits per heavy atom. The fourth-order valence-electron chi connectivity index (χ4n) is 4.91. The van der Waals surface area contributed by atoms with E-state index in [1.54, 1.807) is 53.7 Å². The third kappa shape index (κ3) is 5.71. The SMILES string of the molecule is Cc1cc(C(NC(=O)c2cc(Cn3ccn(C)c3=N)cc(-c3ccc(F)cc3C(F)(F)F)c2)C2CC2)ccc1F. The van der Waals surface area contributed by atoms with Crippen molar-refractivity contribution in [2.75, 3.05) is 0 Å². The van der Waals surface area contributed by atoms with Crippen molar-refractivity contribution < 1.29 is 26.7 Å². The van der Waals surface area contributed by atoms with Crippen LogP contribution in [0.4, 0.5) is 22.0 Å². The van der Waals surface area contributed by atoms with Crippen molar-refractivity contribution in [2.45, 2.75) is 38.5 Å². The van der Waals surface area contributed by atoms with Crippen molar-refractivity contribution in [1.29, 1.82) is 5.41 Å². The monoisotopic (exact) mass is 554 g/mol. The van der Waals surface area contributed by atoms with Crippen molar-refractivity contribution in [3.8, 4) is 11.1 Å². The van der Waals surface area contributed by atoms with Crippen LogP contribution >= 0.6 is 0 Å². The Kier molecular flexibility index (Phi) is 7.12. The smallest absolute Gasteiger partial charge is 0.345 e. The van der Waals surface area contributed by atoms with Crippen LogP contribution in [0.3, 0.4) is 0 Å². The summed E-state index contributed by atoms with van der Waals surface area (Å²) in [5, 5.41) is 11.2. The minimum absolute atomic E-state index is 0.0960. The van der Waals surface area contributed by atoms with Crippen molar-refractivity contribution >= 4 is 5.91 Å². The van der Waals surface area contributed by atoms with Gasteiger partial charge in [-0.05, 0) is 89.9 Å². The summed E-state index contributed by atoms with van der Waals surface area (Å²) >= 11 is 0. The molecule has 1 aromatic heterocycles. The number of imidazole rings is 1. The number of carbonyl (C=O) groups excluding carboxylic acids is 1. The van der Waals surface area contributed by atoms with Gasteiger partial charge in [-0.3, -0.25) is 10.2 Å². The summed E-state index contributed by atoms with van der Waals surface area (Å²) in [7, 11) is 1.69. The lowest BCUT2D eigenvalue weighted by molar-refractivity contribution is -0.137. The van der Waals surface area contributed by atoms with Gasteiger partial charge in [0.15, 0.2) is 0 Å². The molecular weight excluding hydrogens is 527 g/mol. The molecule has 1 aliphatic carbocycles. The Morgan fingerprint density at radius 2 is 1.80 bits per heavy atom. The van der Waals surface area contributed by atoms with Gasteiger partial charge in [0.05, 0.1) is 18.2 Å². The summed E-state index contributed by atoms with van der Waals surface area (Å²) < 4.78 is 72.6. The van der Waals surface area contributed by atoms with E-state index in [1.807, 2.05) is 0 Å². The summed E-state index contributed by atoms with van der Waals surface area (Å²) in [5.41, 5.74) is 0.659. The molecule has 0 aliphatic heterocycles. The molecule has 1 amide bonds. The van der Waals surface area contributed by atoms with E-state index < -0.39 is 23.5 Å². The van der Waals surface area contributed by atoms with E-state index in [9.17, 15) is 26.7 Å². The minimum atomic E-state index is -4.82. The minimum Gasteiger partial charge on any atom is -0.345 e. The second-order valence-electron chi connectivity index (χ2n) is 10.3. The highest BCUT2D eigenvalue weighted by Gasteiger charge is 2.35. The van der Waals surface area contributed by atoms with Gasteiger partial charge in [0.25, 0.3) is 5.91 Å². The van der Waals surface area contributed by atoms with Gasteiger partial charge >= 0.3 is 6.18 Å². The van der Waals surface area contributed by atoms with Gasteiger partial charge < -0.3 is 14.5 Å². The number of amides is 1. The maximum Gasteiger partial charge on any atom is 0.417 e. The Hall–Kier alpha value is -4.21. The van der Waals surface area contributed by atoms with Crippen LogP contribution in [0.15, 0.2) is 67.0 Å². The lowest BCUT2D eigenvalue weighted by Crippen LogP contribution is -2.30. The first kappa shape index (κ1) is 27.4. The number of nitrogens with one attached hydrogen (secondary N) is 2. The maximum absolute atomic E-state index is 13.9. The number of aromatic nitrogens is 2. The van der Waals surface area contributed by atoms with E-state index in [-0.39, 0.29) is 46.6 Å². The van der Waals surface area contributed by atoms with Crippen molar-refractivity contribution in [3.05, 3.63) is 112 Å². The summed E-state index contributed by atoms with van der Waals surface area (Å²) in [6, 6.07) is 11.2. The normalized spacial score (nSPS) is 14.3. The first-order chi connectivity index (χ1) is 18.9. The Labute approximate surface area is 227 Å². The van der Waals surface area contributed by atoms with Gasteiger partial charge in [-0.2, -0.15) is 13.2 Å². The van der Waals surface area contributed by atoms with Crippen LogP contribution in [0.5, 0.6) is 0 Å². The first-order valence-electron chi connectivity index (χ1n) is 12.7. The fraction of sp³-hybridized carbons (Fsp3) is 0.267. The van der Waals surface area contributed by atoms with Crippen molar-refractivity contribution in [3.63, 3.8) is 0 Å². The largest absolute Gasteiger partial charge is 0.417 e. The van der Waals surface area contributed by atoms with Crippen LogP contribution in [-0.4, -0.2) is 15.0 Å². The third-order valence-electron chi connectivity index (χ3n) is 7.20. The Balaban J connectivity index is 1.57. The molecule has 1 saturated carbocycles. The van der Waals surface area contributed by atoms with Gasteiger partial charge in [0.2, 0.25) is 5.62 Å². The summed E-state index contributed by atoms with van der Waals surface area (Å²) in [4.78, 5) is 13.6. The number of hydrogen-bond acceptors (Lipinski definition) is 2. The zero-order valence-corrected chi connectivity index (χ0v) is 21.8. The quantitative estimate of drug-likeness (QED) is 0.252. The van der Waals surface area contributed by atoms with E-state index in [0.29, 0.717) is 17.2 Å². The number of hydrogen-bond donors (Lipinski definition) is 2. The highest BCUT2D eigenvalue weighted by molar-refractivity contribution is 5.96. The third-order valence-corrected chi connectivity index (χ3v) is 7.20. The predicted molar refractivity (Wildman–Crippen MR) is 139 cm³/mol. The summed E-state index contributed by atoms with van der Waals surface area (Å²) in [6.07, 6.45) is 0.276. The molecule has 3 aromatic carbocycles. The second-order valence-corrected chi connectivity index (χ2v) is 10.3. The number of rotatable bonds is 7. The van der Waals surface area contributed by atoms with E-state index in [1.165, 1.54) is 18.2 Å². The molecule has 40 heavy (non-hydrogen) atoms. The molecule has 1 heterocycles. The molecule has 0 saturated heterocycles. The zero-order valence-electron chi connectivity index (χ0n) is 21.8. The molecule has 0 spiro atoms. The molecule has 1 aliphatic rings. The zero-order chi connectivity index (χ0) is 28.8. The van der Waals surface area contributed by atoms with Crippen LogP contribution < -0.4 is 10.9 Å². The second kappa shape index (κ2) is 10.4. The van der Waals surface area contributed by atoms with Crippen LogP contribution in [-0.2, 0) is 19.8 Å². The number of benzene rings is 3. The Bertz CT molecular complexity index is 1650. The molecule has 1 fully saturated rings. The van der Waals surface area contributed by atoms with E-state index in [2.05, 4.69) is 5.32 Å². The van der Waals surface area contributed by atoms with Crippen LogP contribution in [0.2, 0.25) is 0 Å². The van der Waals surface area contributed by atoms with Crippen LogP contribution in [0.1, 0.15) is 51.5 Å². The van der Waals surface area contributed by atoms with Crippen LogP contribution in [0.25, 0.3) is 11.1 Å². The molecular formula is C30H27F5N4O. The summed E-state index contributed by atoms with van der Waals surface area (Å²) in [5.74, 6) is -1.71. The van der Waals surface area contributed by atoms with Crippen molar-refractivity contribution in [2.24, 2.45) is 13.0 Å². The van der Waals surface area contributed by atoms with Crippen LogP contribution in [0, 0.1) is 29.9 Å². The predicted octanol–water partition coefficient (Wildman–Crippen LogP) is 6.51. The van der Waals surface area contributed by atoms with Gasteiger partial charge in [-0.25, -0.2) is 8.78 Å². The number of halogens is 5. The highest BCUT2D eigenvalue weighted by Crippen LogP contribution is 2.42. The molecule has 0 radical (unpaired) electrons. The average Bonchev–Trinajstić information content (AvgIpc) is 3.70. The first-order valence-corrected chi connectivity index (χ1v) is 12.7. The molecule has 5 rings (SSSR count). The fourth-order valence-corrected chi connectivity index (χ4v) is 4.91. The lowest BCUT2D eigenvalue weighted by Gasteiger charge is -2.21. The van der Waals surface area contributed by atoms with Gasteiger partial charge in [0, 0.05) is 25.0 Å². The molecule has 5 nitrogen and oxygen atoms in total. The molecule has 208 valence electrons. The van der Waals surface area contributed by atoms with E-state index >= 15 is 0 Å². The molecule has 1 atom stereocenters. The topological polar surface area (TPSA) is 62.8 Å². The molecule has 1 unspecified atom stereocenters. The van der Waals surface area contributed by atoms with E-state index in [0.717, 1.165) is 30.5 Å². The number of carbonyl (C=O) groups is 1. The number of alkyl halides is 3. The molecule has 2 N–H and O–H groups in total. The highest BCUT2D eigenvalue weighted by atomic mass is 19.4. The van der Waals surface area contributed by atoms with Gasteiger partial charge in [-0.15, -0.1) is 0 Å². The maximum atomic E-state index is 13.9. The van der Waals surface area contributed by atoms with Gasteiger partial charge in [0.1, 0.15) is 11.6 Å².